The standard InChI is InChI=1S/C20H23N3O2/c1-14-5-2-3-7-17(14)25-19-18(21-10-11-22-19)16-6-4-12-23(13-16)20(24)15-8-9-15/h2-3,5,7,10-11,15-16H,4,6,8-9,12-13H2,1H3/t16-/m1/s1. The van der Waals surface area contributed by atoms with Crippen LogP contribution in [0.2, 0.25) is 0 Å². The Bertz CT molecular complexity index is 773. The molecular formula is C20H23N3O2. The smallest absolute Gasteiger partial charge is 0.241 e. The number of amides is 1. The first-order chi connectivity index (χ1) is 12.2. The lowest BCUT2D eigenvalue weighted by atomic mass is 9.94. The molecule has 1 aromatic heterocycles. The molecule has 2 aromatic rings. The molecule has 0 bridgehead atoms. The molecule has 130 valence electrons. The van der Waals surface area contributed by atoms with Crippen LogP contribution in [-0.2, 0) is 4.79 Å². The van der Waals surface area contributed by atoms with Crippen LogP contribution in [0, 0.1) is 12.8 Å². The fourth-order valence-corrected chi connectivity index (χ4v) is 3.46. The number of para-hydroxylation sites is 1. The predicted molar refractivity (Wildman–Crippen MR) is 94.6 cm³/mol. The molecule has 1 atom stereocenters. The number of benzene rings is 1. The Labute approximate surface area is 148 Å². The highest BCUT2D eigenvalue weighted by atomic mass is 16.5. The first-order valence-corrected chi connectivity index (χ1v) is 9.05. The van der Waals surface area contributed by atoms with Crippen molar-refractivity contribution in [2.45, 2.75) is 38.5 Å². The highest BCUT2D eigenvalue weighted by Crippen LogP contribution is 2.36. The number of rotatable bonds is 4. The van der Waals surface area contributed by atoms with Crippen molar-refractivity contribution < 1.29 is 9.53 Å². The molecule has 5 nitrogen and oxygen atoms in total. The summed E-state index contributed by atoms with van der Waals surface area (Å²) in [6.45, 7) is 3.60. The molecule has 1 aliphatic heterocycles. The lowest BCUT2D eigenvalue weighted by Crippen LogP contribution is -2.40. The zero-order valence-corrected chi connectivity index (χ0v) is 14.5. The lowest BCUT2D eigenvalue weighted by molar-refractivity contribution is -0.133. The van der Waals surface area contributed by atoms with Crippen LogP contribution < -0.4 is 4.74 Å². The topological polar surface area (TPSA) is 55.3 Å². The first kappa shape index (κ1) is 16.1. The van der Waals surface area contributed by atoms with E-state index in [9.17, 15) is 4.79 Å². The molecule has 0 unspecified atom stereocenters. The van der Waals surface area contributed by atoms with Crippen LogP contribution in [0.15, 0.2) is 36.7 Å². The van der Waals surface area contributed by atoms with Crippen molar-refractivity contribution in [3.8, 4) is 11.6 Å². The van der Waals surface area contributed by atoms with Crippen molar-refractivity contribution >= 4 is 5.91 Å². The number of likely N-dealkylation sites (tertiary alicyclic amines) is 1. The highest BCUT2D eigenvalue weighted by Gasteiger charge is 2.36. The third kappa shape index (κ3) is 3.50. The second kappa shape index (κ2) is 6.82. The molecule has 5 heteroatoms. The third-order valence-electron chi connectivity index (χ3n) is 5.04. The number of hydrogen-bond acceptors (Lipinski definition) is 4. The molecule has 2 heterocycles. The van der Waals surface area contributed by atoms with Crippen molar-refractivity contribution in [2.75, 3.05) is 13.1 Å². The van der Waals surface area contributed by atoms with Crippen LogP contribution in [0.5, 0.6) is 11.6 Å². The van der Waals surface area contributed by atoms with Crippen LogP contribution in [0.3, 0.4) is 0 Å². The minimum Gasteiger partial charge on any atom is -0.437 e. The van der Waals surface area contributed by atoms with E-state index < -0.39 is 0 Å². The fourth-order valence-electron chi connectivity index (χ4n) is 3.46. The van der Waals surface area contributed by atoms with Crippen molar-refractivity contribution in [2.24, 2.45) is 5.92 Å². The average molecular weight is 337 g/mol. The number of carbonyl (C=O) groups excluding carboxylic acids is 1. The molecule has 1 aromatic carbocycles. The Morgan fingerprint density at radius 3 is 2.76 bits per heavy atom. The maximum Gasteiger partial charge on any atom is 0.241 e. The van der Waals surface area contributed by atoms with Gasteiger partial charge in [-0.25, -0.2) is 4.98 Å². The van der Waals surface area contributed by atoms with Gasteiger partial charge in [0.2, 0.25) is 11.8 Å². The van der Waals surface area contributed by atoms with Crippen molar-refractivity contribution in [1.82, 2.24) is 14.9 Å². The Morgan fingerprint density at radius 1 is 1.16 bits per heavy atom. The summed E-state index contributed by atoms with van der Waals surface area (Å²) in [5, 5.41) is 0. The van der Waals surface area contributed by atoms with E-state index in [0.717, 1.165) is 55.8 Å². The lowest BCUT2D eigenvalue weighted by Gasteiger charge is -2.33. The minimum atomic E-state index is 0.184. The Hall–Kier alpha value is -2.43. The number of piperidine rings is 1. The monoisotopic (exact) mass is 337 g/mol. The van der Waals surface area contributed by atoms with Gasteiger partial charge in [0.15, 0.2) is 0 Å². The molecule has 1 amide bonds. The Balaban J connectivity index is 1.55. The first-order valence-electron chi connectivity index (χ1n) is 9.05. The number of nitrogens with zero attached hydrogens (tertiary/aromatic N) is 3. The van der Waals surface area contributed by atoms with E-state index in [1.54, 1.807) is 12.4 Å². The van der Waals surface area contributed by atoms with Gasteiger partial charge in [0.1, 0.15) is 11.4 Å². The van der Waals surface area contributed by atoms with Gasteiger partial charge in [-0.15, -0.1) is 0 Å². The number of aryl methyl sites for hydroxylation is 1. The van der Waals surface area contributed by atoms with E-state index in [4.69, 9.17) is 4.74 Å². The summed E-state index contributed by atoms with van der Waals surface area (Å²) in [7, 11) is 0. The van der Waals surface area contributed by atoms with Gasteiger partial charge >= 0.3 is 0 Å². The van der Waals surface area contributed by atoms with E-state index in [1.807, 2.05) is 36.1 Å². The molecule has 0 spiro atoms. The molecule has 1 saturated carbocycles. The normalized spacial score (nSPS) is 20.4. The van der Waals surface area contributed by atoms with Crippen molar-refractivity contribution in [1.29, 1.82) is 0 Å². The summed E-state index contributed by atoms with van der Waals surface area (Å²) in [4.78, 5) is 23.4. The van der Waals surface area contributed by atoms with Crippen molar-refractivity contribution in [3.63, 3.8) is 0 Å². The molecule has 4 rings (SSSR count). The zero-order valence-electron chi connectivity index (χ0n) is 14.5. The number of carbonyl (C=O) groups is 1. The summed E-state index contributed by atoms with van der Waals surface area (Å²) < 4.78 is 6.07. The summed E-state index contributed by atoms with van der Waals surface area (Å²) in [5.41, 5.74) is 1.92. The molecule has 2 fully saturated rings. The van der Waals surface area contributed by atoms with Gasteiger partial charge in [-0.2, -0.15) is 0 Å². The van der Waals surface area contributed by atoms with Crippen molar-refractivity contribution in [3.05, 3.63) is 47.9 Å². The van der Waals surface area contributed by atoms with Crippen LogP contribution >= 0.6 is 0 Å². The Kier molecular flexibility index (Phi) is 4.38. The van der Waals surface area contributed by atoms with Gasteiger partial charge in [0.25, 0.3) is 0 Å². The van der Waals surface area contributed by atoms with Crippen LogP contribution in [0.1, 0.15) is 42.9 Å². The fraction of sp³-hybridized carbons (Fsp3) is 0.450. The van der Waals surface area contributed by atoms with Gasteiger partial charge in [0, 0.05) is 37.3 Å². The maximum absolute atomic E-state index is 12.4. The van der Waals surface area contributed by atoms with E-state index >= 15 is 0 Å². The quantitative estimate of drug-likeness (QED) is 0.854. The third-order valence-corrected chi connectivity index (χ3v) is 5.04. The molecule has 2 aliphatic rings. The Morgan fingerprint density at radius 2 is 1.96 bits per heavy atom. The molecule has 0 radical (unpaired) electrons. The second-order valence-electron chi connectivity index (χ2n) is 7.01. The number of ether oxygens (including phenoxy) is 1. The van der Waals surface area contributed by atoms with Gasteiger partial charge in [0.05, 0.1) is 0 Å². The number of hydrogen-bond donors (Lipinski definition) is 0. The summed E-state index contributed by atoms with van der Waals surface area (Å²) in [6, 6.07) is 7.90. The summed E-state index contributed by atoms with van der Waals surface area (Å²) in [5.74, 6) is 2.12. The van der Waals surface area contributed by atoms with Gasteiger partial charge < -0.3 is 9.64 Å². The predicted octanol–water partition coefficient (Wildman–Crippen LogP) is 3.69. The van der Waals surface area contributed by atoms with Gasteiger partial charge in [-0.1, -0.05) is 18.2 Å². The average Bonchev–Trinajstić information content (AvgIpc) is 3.49. The second-order valence-corrected chi connectivity index (χ2v) is 7.01. The van der Waals surface area contributed by atoms with Crippen LogP contribution in [0.25, 0.3) is 0 Å². The molecule has 1 aliphatic carbocycles. The maximum atomic E-state index is 12.4. The van der Waals surface area contributed by atoms with Gasteiger partial charge in [-0.05, 0) is 44.2 Å². The molecule has 25 heavy (non-hydrogen) atoms. The molecular weight excluding hydrogens is 314 g/mol. The molecule has 1 saturated heterocycles. The van der Waals surface area contributed by atoms with E-state index in [1.165, 1.54) is 0 Å². The summed E-state index contributed by atoms with van der Waals surface area (Å²) in [6.07, 6.45) is 7.48. The van der Waals surface area contributed by atoms with E-state index in [0.29, 0.717) is 11.8 Å². The highest BCUT2D eigenvalue weighted by molar-refractivity contribution is 5.81. The minimum absolute atomic E-state index is 0.184. The van der Waals surface area contributed by atoms with Crippen LogP contribution in [0.4, 0.5) is 0 Å². The summed E-state index contributed by atoms with van der Waals surface area (Å²) >= 11 is 0. The van der Waals surface area contributed by atoms with E-state index in [2.05, 4.69) is 9.97 Å². The van der Waals surface area contributed by atoms with Gasteiger partial charge in [-0.3, -0.25) is 9.78 Å². The van der Waals surface area contributed by atoms with E-state index in [-0.39, 0.29) is 11.8 Å². The zero-order chi connectivity index (χ0) is 17.2. The largest absolute Gasteiger partial charge is 0.437 e. The van der Waals surface area contributed by atoms with Crippen LogP contribution in [-0.4, -0.2) is 33.9 Å². The molecule has 0 N–H and O–H groups in total. The SMILES string of the molecule is Cc1ccccc1Oc1nccnc1[C@@H]1CCCN(C(=O)C2CC2)C1. The number of aromatic nitrogens is 2.